The lowest BCUT2D eigenvalue weighted by molar-refractivity contribution is -0.116. The lowest BCUT2D eigenvalue weighted by Gasteiger charge is -2.03. The number of nitrogens with one attached hydrogen (secondary N) is 1. The first-order valence-corrected chi connectivity index (χ1v) is 4.57. The van der Waals surface area contributed by atoms with E-state index in [1.807, 2.05) is 13.8 Å². The number of carbonyl (C=O) groups is 1. The average Bonchev–Trinajstić information content (AvgIpc) is 2.07. The Balaban J connectivity index is 0. The van der Waals surface area contributed by atoms with Gasteiger partial charge >= 0.3 is 0 Å². The minimum Gasteiger partial charge on any atom is -0.353 e. The summed E-state index contributed by atoms with van der Waals surface area (Å²) < 4.78 is 0. The minimum atomic E-state index is -0.0827. The third kappa shape index (κ3) is 11.9. The molecule has 1 amide bonds. The Kier molecular flexibility index (Phi) is 11.7. The van der Waals surface area contributed by atoms with Gasteiger partial charge in [-0.2, -0.15) is 0 Å². The van der Waals surface area contributed by atoms with Crippen molar-refractivity contribution in [3.8, 4) is 0 Å². The molecular formula is C10H21NO. The second-order valence-electron chi connectivity index (χ2n) is 2.68. The highest BCUT2D eigenvalue weighted by Gasteiger charge is 1.94. The van der Waals surface area contributed by atoms with Crippen molar-refractivity contribution < 1.29 is 4.79 Å². The van der Waals surface area contributed by atoms with E-state index in [-0.39, 0.29) is 5.91 Å². The molecule has 2 heteroatoms. The fourth-order valence-corrected chi connectivity index (χ4v) is 0.556. The molecule has 0 aliphatic carbocycles. The van der Waals surface area contributed by atoms with Crippen LogP contribution in [0.15, 0.2) is 12.7 Å². The summed E-state index contributed by atoms with van der Waals surface area (Å²) in [6.07, 6.45) is 2.32. The molecule has 0 bridgehead atoms. The first-order chi connectivity index (χ1) is 5.66. The lowest BCUT2D eigenvalue weighted by Crippen LogP contribution is -2.22. The van der Waals surface area contributed by atoms with Crippen LogP contribution in [0.5, 0.6) is 0 Å². The monoisotopic (exact) mass is 171 g/mol. The molecule has 0 saturated heterocycles. The highest BCUT2D eigenvalue weighted by atomic mass is 16.1. The summed E-state index contributed by atoms with van der Waals surface area (Å²) in [6.45, 7) is 12.3. The Morgan fingerprint density at radius 2 is 2.00 bits per heavy atom. The highest BCUT2D eigenvalue weighted by Crippen LogP contribution is 1.95. The molecule has 0 aromatic heterocycles. The molecule has 1 N–H and O–H groups in total. The number of rotatable bonds is 4. The Morgan fingerprint density at radius 1 is 1.50 bits per heavy atom. The minimum absolute atomic E-state index is 0.0827. The van der Waals surface area contributed by atoms with Crippen LogP contribution < -0.4 is 5.32 Å². The van der Waals surface area contributed by atoms with Crippen LogP contribution in [-0.4, -0.2) is 12.5 Å². The zero-order valence-electron chi connectivity index (χ0n) is 8.68. The molecule has 0 heterocycles. The van der Waals surface area contributed by atoms with Crippen LogP contribution in [0.1, 0.15) is 34.1 Å². The lowest BCUT2D eigenvalue weighted by atomic mass is 10.1. The molecular weight excluding hydrogens is 150 g/mol. The summed E-state index contributed by atoms with van der Waals surface area (Å²) in [5.41, 5.74) is 0. The van der Waals surface area contributed by atoms with Crippen molar-refractivity contribution in [1.82, 2.24) is 5.32 Å². The molecule has 0 aliphatic rings. The second kappa shape index (κ2) is 10.2. The molecule has 2 nitrogen and oxygen atoms in total. The van der Waals surface area contributed by atoms with Crippen molar-refractivity contribution in [3.05, 3.63) is 12.7 Å². The van der Waals surface area contributed by atoms with E-state index in [4.69, 9.17) is 0 Å². The number of amides is 1. The van der Waals surface area contributed by atoms with Gasteiger partial charge in [-0.3, -0.25) is 4.79 Å². The van der Waals surface area contributed by atoms with Crippen LogP contribution >= 0.6 is 0 Å². The van der Waals surface area contributed by atoms with E-state index < -0.39 is 0 Å². The summed E-state index contributed by atoms with van der Waals surface area (Å²) in [4.78, 5) is 10.6. The smallest absolute Gasteiger partial charge is 0.243 e. The molecule has 12 heavy (non-hydrogen) atoms. The van der Waals surface area contributed by atoms with Gasteiger partial charge in [-0.1, -0.05) is 34.3 Å². The van der Waals surface area contributed by atoms with Gasteiger partial charge in [-0.05, 0) is 18.4 Å². The van der Waals surface area contributed by atoms with Gasteiger partial charge in [0.05, 0.1) is 0 Å². The van der Waals surface area contributed by atoms with E-state index in [9.17, 15) is 4.79 Å². The SMILES string of the molecule is C=CC(=O)NCCC(C)C.CC. The van der Waals surface area contributed by atoms with Gasteiger partial charge in [0.2, 0.25) is 5.91 Å². The summed E-state index contributed by atoms with van der Waals surface area (Å²) >= 11 is 0. The number of hydrogen-bond donors (Lipinski definition) is 1. The fourth-order valence-electron chi connectivity index (χ4n) is 0.556. The molecule has 0 rings (SSSR count). The van der Waals surface area contributed by atoms with E-state index in [0.717, 1.165) is 13.0 Å². The topological polar surface area (TPSA) is 29.1 Å². The van der Waals surface area contributed by atoms with Gasteiger partial charge in [-0.15, -0.1) is 0 Å². The normalized spacial score (nSPS) is 8.42. The maximum absolute atomic E-state index is 10.6. The fraction of sp³-hybridized carbons (Fsp3) is 0.700. The molecule has 0 saturated carbocycles. The van der Waals surface area contributed by atoms with Crippen LogP contribution in [-0.2, 0) is 4.79 Å². The molecule has 0 aromatic rings. The van der Waals surface area contributed by atoms with Crippen molar-refractivity contribution in [1.29, 1.82) is 0 Å². The number of carbonyl (C=O) groups excluding carboxylic acids is 1. The summed E-state index contributed by atoms with van der Waals surface area (Å²) in [5.74, 6) is 0.561. The maximum Gasteiger partial charge on any atom is 0.243 e. The first-order valence-electron chi connectivity index (χ1n) is 4.57. The molecule has 0 unspecified atom stereocenters. The zero-order valence-corrected chi connectivity index (χ0v) is 8.68. The van der Waals surface area contributed by atoms with Gasteiger partial charge in [0.25, 0.3) is 0 Å². The summed E-state index contributed by atoms with van der Waals surface area (Å²) in [6, 6.07) is 0. The standard InChI is InChI=1S/C8H15NO.C2H6/c1-4-8(10)9-6-5-7(2)3;1-2/h4,7H,1,5-6H2,2-3H3,(H,9,10);1-2H3. The van der Waals surface area contributed by atoms with Crippen LogP contribution in [0, 0.1) is 5.92 Å². The average molecular weight is 171 g/mol. The predicted molar refractivity (Wildman–Crippen MR) is 54.0 cm³/mol. The van der Waals surface area contributed by atoms with E-state index in [1.54, 1.807) is 0 Å². The Bertz CT molecular complexity index is 119. The third-order valence-corrected chi connectivity index (χ3v) is 1.21. The summed E-state index contributed by atoms with van der Waals surface area (Å²) in [5, 5.41) is 2.71. The van der Waals surface area contributed by atoms with Crippen molar-refractivity contribution in [2.75, 3.05) is 6.54 Å². The maximum atomic E-state index is 10.6. The molecule has 0 fully saturated rings. The van der Waals surface area contributed by atoms with Gasteiger partial charge in [0.1, 0.15) is 0 Å². The summed E-state index contributed by atoms with van der Waals surface area (Å²) in [7, 11) is 0. The van der Waals surface area contributed by atoms with Crippen molar-refractivity contribution >= 4 is 5.91 Å². The quantitative estimate of drug-likeness (QED) is 0.646. The second-order valence-corrected chi connectivity index (χ2v) is 2.68. The molecule has 0 aliphatic heterocycles. The van der Waals surface area contributed by atoms with Crippen molar-refractivity contribution in [2.24, 2.45) is 5.92 Å². The van der Waals surface area contributed by atoms with Gasteiger partial charge < -0.3 is 5.32 Å². The predicted octanol–water partition coefficient (Wildman–Crippen LogP) is 2.36. The van der Waals surface area contributed by atoms with E-state index in [2.05, 4.69) is 25.7 Å². The Labute approximate surface area is 76.1 Å². The first kappa shape index (κ1) is 13.8. The van der Waals surface area contributed by atoms with Crippen molar-refractivity contribution in [3.63, 3.8) is 0 Å². The molecule has 0 radical (unpaired) electrons. The van der Waals surface area contributed by atoms with Crippen LogP contribution in [0.25, 0.3) is 0 Å². The van der Waals surface area contributed by atoms with Crippen molar-refractivity contribution in [2.45, 2.75) is 34.1 Å². The van der Waals surface area contributed by atoms with E-state index in [1.165, 1.54) is 6.08 Å². The van der Waals surface area contributed by atoms with Crippen LogP contribution in [0.2, 0.25) is 0 Å². The third-order valence-electron chi connectivity index (χ3n) is 1.21. The van der Waals surface area contributed by atoms with E-state index in [0.29, 0.717) is 5.92 Å². The molecule has 0 aromatic carbocycles. The molecule has 0 atom stereocenters. The van der Waals surface area contributed by atoms with Gasteiger partial charge in [0, 0.05) is 6.54 Å². The van der Waals surface area contributed by atoms with Gasteiger partial charge in [0.15, 0.2) is 0 Å². The highest BCUT2D eigenvalue weighted by molar-refractivity contribution is 5.86. The van der Waals surface area contributed by atoms with Crippen LogP contribution in [0.3, 0.4) is 0 Å². The molecule has 0 spiro atoms. The van der Waals surface area contributed by atoms with Crippen LogP contribution in [0.4, 0.5) is 0 Å². The molecule has 72 valence electrons. The Hall–Kier alpha value is -0.790. The van der Waals surface area contributed by atoms with Gasteiger partial charge in [-0.25, -0.2) is 0 Å². The number of hydrogen-bond acceptors (Lipinski definition) is 1. The zero-order chi connectivity index (χ0) is 9.98. The van der Waals surface area contributed by atoms with E-state index >= 15 is 0 Å². The largest absolute Gasteiger partial charge is 0.353 e. The Morgan fingerprint density at radius 3 is 2.33 bits per heavy atom.